The first-order valence-corrected chi connectivity index (χ1v) is 9.42. The lowest BCUT2D eigenvalue weighted by Gasteiger charge is -2.19. The lowest BCUT2D eigenvalue weighted by Crippen LogP contribution is -2.27. The van der Waals surface area contributed by atoms with Crippen LogP contribution in [0.2, 0.25) is 0 Å². The maximum absolute atomic E-state index is 13.2. The standard InChI is InChI=1S/C22H18N6O2/c1-14(2)30-21-6-3-15(8-23)7-19(21)22(29)27-11-16-12-28(26-20(16)13-27)18-5-4-17(9-24)25-10-18/h3-7,10,12,14H,11,13H2,1-2H3. The van der Waals surface area contributed by atoms with Crippen molar-refractivity contribution in [1.82, 2.24) is 19.7 Å². The van der Waals surface area contributed by atoms with Crippen molar-refractivity contribution in [3.05, 3.63) is 70.8 Å². The van der Waals surface area contributed by atoms with Crippen LogP contribution in [0.25, 0.3) is 5.69 Å². The van der Waals surface area contributed by atoms with Crippen molar-refractivity contribution in [2.45, 2.75) is 33.0 Å². The molecule has 1 amide bonds. The Labute approximate surface area is 173 Å². The molecule has 3 aromatic rings. The number of benzene rings is 1. The maximum atomic E-state index is 13.2. The molecule has 148 valence electrons. The summed E-state index contributed by atoms with van der Waals surface area (Å²) in [5, 5.41) is 22.6. The number of rotatable bonds is 4. The minimum Gasteiger partial charge on any atom is -0.490 e. The van der Waals surface area contributed by atoms with Crippen LogP contribution in [-0.2, 0) is 13.1 Å². The summed E-state index contributed by atoms with van der Waals surface area (Å²) in [6.45, 7) is 4.55. The van der Waals surface area contributed by atoms with Gasteiger partial charge in [0.05, 0.1) is 47.4 Å². The van der Waals surface area contributed by atoms with Crippen LogP contribution in [0.3, 0.4) is 0 Å². The molecular weight excluding hydrogens is 380 g/mol. The summed E-state index contributed by atoms with van der Waals surface area (Å²) in [6, 6.07) is 12.3. The topological polar surface area (TPSA) is 108 Å². The van der Waals surface area contributed by atoms with Crippen LogP contribution in [-0.4, -0.2) is 31.7 Å². The molecule has 0 saturated heterocycles. The first kappa shape index (κ1) is 19.2. The van der Waals surface area contributed by atoms with E-state index in [-0.39, 0.29) is 12.0 Å². The van der Waals surface area contributed by atoms with Gasteiger partial charge in [0.25, 0.3) is 5.91 Å². The van der Waals surface area contributed by atoms with Crippen LogP contribution in [0.15, 0.2) is 42.7 Å². The molecule has 0 spiro atoms. The van der Waals surface area contributed by atoms with E-state index in [2.05, 4.69) is 16.2 Å². The van der Waals surface area contributed by atoms with Gasteiger partial charge in [-0.1, -0.05) is 0 Å². The zero-order chi connectivity index (χ0) is 21.3. The average molecular weight is 398 g/mol. The molecule has 0 unspecified atom stereocenters. The van der Waals surface area contributed by atoms with E-state index >= 15 is 0 Å². The summed E-state index contributed by atoms with van der Waals surface area (Å²) < 4.78 is 7.47. The zero-order valence-electron chi connectivity index (χ0n) is 16.5. The molecule has 0 N–H and O–H groups in total. The predicted octanol–water partition coefficient (Wildman–Crippen LogP) is 2.95. The normalized spacial score (nSPS) is 12.4. The van der Waals surface area contributed by atoms with Crippen LogP contribution in [0.5, 0.6) is 5.75 Å². The number of carbonyl (C=O) groups is 1. The third-order valence-corrected chi connectivity index (χ3v) is 4.69. The molecule has 0 atom stereocenters. The molecule has 0 aliphatic carbocycles. The van der Waals surface area contributed by atoms with Gasteiger partial charge in [-0.15, -0.1) is 0 Å². The number of hydrogen-bond donors (Lipinski definition) is 0. The number of carbonyl (C=O) groups excluding carboxylic acids is 1. The van der Waals surface area contributed by atoms with Gasteiger partial charge in [-0.2, -0.15) is 15.6 Å². The molecule has 30 heavy (non-hydrogen) atoms. The zero-order valence-corrected chi connectivity index (χ0v) is 16.5. The van der Waals surface area contributed by atoms with E-state index in [4.69, 9.17) is 10.00 Å². The summed E-state index contributed by atoms with van der Waals surface area (Å²) in [4.78, 5) is 18.9. The highest BCUT2D eigenvalue weighted by Crippen LogP contribution is 2.28. The Morgan fingerprint density at radius 2 is 2.00 bits per heavy atom. The largest absolute Gasteiger partial charge is 0.490 e. The molecule has 0 radical (unpaired) electrons. The molecule has 3 heterocycles. The van der Waals surface area contributed by atoms with Gasteiger partial charge >= 0.3 is 0 Å². The van der Waals surface area contributed by atoms with Crippen LogP contribution < -0.4 is 4.74 Å². The van der Waals surface area contributed by atoms with Gasteiger partial charge in [-0.05, 0) is 44.2 Å². The summed E-state index contributed by atoms with van der Waals surface area (Å²) in [6.07, 6.45) is 3.36. The van der Waals surface area contributed by atoms with Gasteiger partial charge in [0.15, 0.2) is 0 Å². The Balaban J connectivity index is 1.56. The third-order valence-electron chi connectivity index (χ3n) is 4.69. The monoisotopic (exact) mass is 398 g/mol. The van der Waals surface area contributed by atoms with Gasteiger partial charge in [0, 0.05) is 18.3 Å². The van der Waals surface area contributed by atoms with Crippen molar-refractivity contribution in [2.24, 2.45) is 0 Å². The molecular formula is C22H18N6O2. The first-order chi connectivity index (χ1) is 14.5. The fourth-order valence-corrected chi connectivity index (χ4v) is 3.31. The van der Waals surface area contributed by atoms with Gasteiger partial charge < -0.3 is 9.64 Å². The average Bonchev–Trinajstić information content (AvgIpc) is 3.32. The highest BCUT2D eigenvalue weighted by Gasteiger charge is 2.29. The number of hydrogen-bond acceptors (Lipinski definition) is 6. The van der Waals surface area contributed by atoms with E-state index in [1.54, 1.807) is 46.1 Å². The Hall–Kier alpha value is -4.17. The van der Waals surface area contributed by atoms with Crippen molar-refractivity contribution >= 4 is 5.91 Å². The summed E-state index contributed by atoms with van der Waals surface area (Å²) >= 11 is 0. The molecule has 8 heteroatoms. The van der Waals surface area contributed by atoms with Crippen LogP contribution in [0.4, 0.5) is 0 Å². The minimum atomic E-state index is -0.202. The lowest BCUT2D eigenvalue weighted by molar-refractivity contribution is 0.0743. The van der Waals surface area contributed by atoms with Crippen molar-refractivity contribution in [2.75, 3.05) is 0 Å². The molecule has 0 saturated carbocycles. The van der Waals surface area contributed by atoms with E-state index in [0.29, 0.717) is 35.7 Å². The second-order valence-electron chi connectivity index (χ2n) is 7.21. The number of aromatic nitrogens is 3. The van der Waals surface area contributed by atoms with E-state index in [1.807, 2.05) is 26.1 Å². The molecule has 2 aromatic heterocycles. The summed E-state index contributed by atoms with van der Waals surface area (Å²) in [5.74, 6) is 0.264. The molecule has 8 nitrogen and oxygen atoms in total. The van der Waals surface area contributed by atoms with Gasteiger partial charge in [-0.25, -0.2) is 9.67 Å². The highest BCUT2D eigenvalue weighted by molar-refractivity contribution is 5.97. The summed E-state index contributed by atoms with van der Waals surface area (Å²) in [7, 11) is 0. The lowest BCUT2D eigenvalue weighted by atomic mass is 10.1. The van der Waals surface area contributed by atoms with E-state index in [0.717, 1.165) is 16.9 Å². The van der Waals surface area contributed by atoms with Crippen molar-refractivity contribution in [1.29, 1.82) is 10.5 Å². The second-order valence-corrected chi connectivity index (χ2v) is 7.21. The molecule has 1 aliphatic rings. The quantitative estimate of drug-likeness (QED) is 0.669. The van der Waals surface area contributed by atoms with Gasteiger partial charge in [0.1, 0.15) is 17.5 Å². The Morgan fingerprint density at radius 3 is 2.63 bits per heavy atom. The smallest absolute Gasteiger partial charge is 0.258 e. The van der Waals surface area contributed by atoms with Crippen LogP contribution in [0, 0.1) is 22.7 Å². The minimum absolute atomic E-state index is 0.0934. The van der Waals surface area contributed by atoms with E-state index < -0.39 is 0 Å². The molecule has 4 rings (SSSR count). The number of pyridine rings is 1. The van der Waals surface area contributed by atoms with Crippen molar-refractivity contribution in [3.8, 4) is 23.6 Å². The van der Waals surface area contributed by atoms with E-state index in [1.165, 1.54) is 0 Å². The Kier molecular flexibility index (Phi) is 4.91. The number of fused-ring (bicyclic) bond motifs is 1. The second kappa shape index (κ2) is 7.69. The fourth-order valence-electron chi connectivity index (χ4n) is 3.31. The highest BCUT2D eigenvalue weighted by atomic mass is 16.5. The number of amides is 1. The predicted molar refractivity (Wildman–Crippen MR) is 107 cm³/mol. The maximum Gasteiger partial charge on any atom is 0.258 e. The van der Waals surface area contributed by atoms with Crippen LogP contribution >= 0.6 is 0 Å². The molecule has 1 aromatic carbocycles. The fraction of sp³-hybridized carbons (Fsp3) is 0.227. The van der Waals surface area contributed by atoms with Crippen molar-refractivity contribution in [3.63, 3.8) is 0 Å². The molecule has 0 fully saturated rings. The number of ether oxygens (including phenoxy) is 1. The van der Waals surface area contributed by atoms with E-state index in [9.17, 15) is 10.1 Å². The Bertz CT molecular complexity index is 1170. The number of nitriles is 2. The van der Waals surface area contributed by atoms with Crippen molar-refractivity contribution < 1.29 is 9.53 Å². The number of nitrogens with zero attached hydrogens (tertiary/aromatic N) is 6. The summed E-state index contributed by atoms with van der Waals surface area (Å²) in [5.41, 5.74) is 3.61. The van der Waals surface area contributed by atoms with Crippen LogP contribution in [0.1, 0.15) is 46.7 Å². The molecule has 1 aliphatic heterocycles. The first-order valence-electron chi connectivity index (χ1n) is 9.42. The Morgan fingerprint density at radius 1 is 1.17 bits per heavy atom. The SMILES string of the molecule is CC(C)Oc1ccc(C#N)cc1C(=O)N1Cc2cn(-c3ccc(C#N)nc3)nc2C1. The van der Waals surface area contributed by atoms with Gasteiger partial charge in [-0.3, -0.25) is 4.79 Å². The molecule has 0 bridgehead atoms. The third kappa shape index (κ3) is 3.59. The van der Waals surface area contributed by atoms with Gasteiger partial charge in [0.2, 0.25) is 0 Å².